The van der Waals surface area contributed by atoms with E-state index in [9.17, 15) is 13.2 Å². The number of hydrogen-bond acceptors (Lipinski definition) is 4. The number of amides is 1. The van der Waals surface area contributed by atoms with E-state index < -0.39 is 10.0 Å². The Labute approximate surface area is 113 Å². The quantitative estimate of drug-likeness (QED) is 0.626. The summed E-state index contributed by atoms with van der Waals surface area (Å²) < 4.78 is 24.5. The predicted octanol–water partition coefficient (Wildman–Crippen LogP) is -0.533. The van der Waals surface area contributed by atoms with E-state index in [1.165, 1.54) is 7.05 Å². The molecule has 1 aromatic rings. The highest BCUT2D eigenvalue weighted by atomic mass is 32.2. The first-order chi connectivity index (χ1) is 8.98. The fourth-order valence-electron chi connectivity index (χ4n) is 1.54. The molecule has 1 rings (SSSR count). The first-order valence-electron chi connectivity index (χ1n) is 5.97. The Kier molecular flexibility index (Phi) is 5.94. The molecule has 0 radical (unpaired) electrons. The Bertz CT molecular complexity index is 529. The van der Waals surface area contributed by atoms with Crippen molar-refractivity contribution < 1.29 is 13.2 Å². The lowest BCUT2D eigenvalue weighted by molar-refractivity contribution is 0.0956. The molecule has 0 bridgehead atoms. The molecule has 0 aliphatic heterocycles. The molecule has 0 aliphatic carbocycles. The van der Waals surface area contributed by atoms with E-state index in [-0.39, 0.29) is 18.2 Å². The molecule has 0 spiro atoms. The Morgan fingerprint density at radius 1 is 1.37 bits per heavy atom. The predicted molar refractivity (Wildman–Crippen MR) is 74.4 cm³/mol. The number of nitrogens with two attached hydrogens (primary N) is 1. The van der Waals surface area contributed by atoms with Gasteiger partial charge in [0.1, 0.15) is 0 Å². The van der Waals surface area contributed by atoms with E-state index in [4.69, 9.17) is 5.73 Å². The molecule has 106 valence electrons. The molecule has 0 aromatic heterocycles. The van der Waals surface area contributed by atoms with Crippen LogP contribution in [-0.2, 0) is 16.4 Å². The molecule has 0 saturated carbocycles. The average molecular weight is 285 g/mol. The SMILES string of the molecule is CNS(=O)(=O)CCNC(=O)c1cccc(CCN)c1. The molecule has 6 nitrogen and oxygen atoms in total. The molecule has 0 unspecified atom stereocenters. The lowest BCUT2D eigenvalue weighted by atomic mass is 10.1. The highest BCUT2D eigenvalue weighted by Gasteiger charge is 2.09. The summed E-state index contributed by atoms with van der Waals surface area (Å²) in [5.74, 6) is -0.428. The van der Waals surface area contributed by atoms with Crippen LogP contribution in [0.25, 0.3) is 0 Å². The zero-order valence-electron chi connectivity index (χ0n) is 10.8. The lowest BCUT2D eigenvalue weighted by Gasteiger charge is -2.07. The molecule has 0 atom stereocenters. The molecule has 19 heavy (non-hydrogen) atoms. The molecule has 0 heterocycles. The Hall–Kier alpha value is -1.44. The van der Waals surface area contributed by atoms with Gasteiger partial charge in [-0.1, -0.05) is 12.1 Å². The average Bonchev–Trinajstić information content (AvgIpc) is 2.39. The maximum atomic E-state index is 11.8. The van der Waals surface area contributed by atoms with Crippen LogP contribution in [0, 0.1) is 0 Å². The number of hydrogen-bond donors (Lipinski definition) is 3. The van der Waals surface area contributed by atoms with Crippen molar-refractivity contribution in [1.82, 2.24) is 10.0 Å². The summed E-state index contributed by atoms with van der Waals surface area (Å²) in [4.78, 5) is 11.8. The number of carbonyl (C=O) groups is 1. The van der Waals surface area contributed by atoms with Crippen LogP contribution in [0.5, 0.6) is 0 Å². The van der Waals surface area contributed by atoms with Gasteiger partial charge in [0.15, 0.2) is 0 Å². The van der Waals surface area contributed by atoms with Crippen LogP contribution in [0.1, 0.15) is 15.9 Å². The maximum Gasteiger partial charge on any atom is 0.251 e. The Balaban J connectivity index is 2.56. The standard InChI is InChI=1S/C12H19N3O3S/c1-14-19(17,18)8-7-15-12(16)11-4-2-3-10(9-11)5-6-13/h2-4,9,14H,5-8,13H2,1H3,(H,15,16). The fourth-order valence-corrected chi connectivity index (χ4v) is 2.11. The summed E-state index contributed by atoms with van der Waals surface area (Å²) in [6.45, 7) is 0.592. The van der Waals surface area contributed by atoms with Gasteiger partial charge in [0.25, 0.3) is 5.91 Å². The largest absolute Gasteiger partial charge is 0.351 e. The highest BCUT2D eigenvalue weighted by Crippen LogP contribution is 2.05. The van der Waals surface area contributed by atoms with Crippen LogP contribution in [0.15, 0.2) is 24.3 Å². The number of nitrogens with one attached hydrogen (secondary N) is 2. The van der Waals surface area contributed by atoms with Crippen LogP contribution in [0.2, 0.25) is 0 Å². The summed E-state index contributed by atoms with van der Waals surface area (Å²) in [7, 11) is -1.95. The molecule has 0 fully saturated rings. The number of sulfonamides is 1. The second-order valence-corrected chi connectivity index (χ2v) is 6.06. The summed E-state index contributed by atoms with van der Waals surface area (Å²) in [5, 5.41) is 2.57. The summed E-state index contributed by atoms with van der Waals surface area (Å²) in [6.07, 6.45) is 0.704. The molecule has 1 amide bonds. The van der Waals surface area contributed by atoms with Crippen LogP contribution < -0.4 is 15.8 Å². The topological polar surface area (TPSA) is 101 Å². The zero-order valence-corrected chi connectivity index (χ0v) is 11.7. The van der Waals surface area contributed by atoms with Gasteiger partial charge in [-0.3, -0.25) is 4.79 Å². The van der Waals surface area contributed by atoms with Crippen molar-refractivity contribution in [2.24, 2.45) is 5.73 Å². The minimum Gasteiger partial charge on any atom is -0.351 e. The Morgan fingerprint density at radius 3 is 2.74 bits per heavy atom. The van der Waals surface area contributed by atoms with E-state index in [2.05, 4.69) is 10.0 Å². The monoisotopic (exact) mass is 285 g/mol. The van der Waals surface area contributed by atoms with E-state index in [0.717, 1.165) is 5.56 Å². The van der Waals surface area contributed by atoms with Crippen molar-refractivity contribution in [3.8, 4) is 0 Å². The van der Waals surface area contributed by atoms with Gasteiger partial charge in [0.05, 0.1) is 5.75 Å². The van der Waals surface area contributed by atoms with Gasteiger partial charge in [0.2, 0.25) is 10.0 Å². The van der Waals surface area contributed by atoms with Crippen LogP contribution in [-0.4, -0.2) is 40.2 Å². The van der Waals surface area contributed by atoms with E-state index >= 15 is 0 Å². The van der Waals surface area contributed by atoms with Crippen molar-refractivity contribution in [2.75, 3.05) is 25.9 Å². The van der Waals surface area contributed by atoms with Gasteiger partial charge in [-0.25, -0.2) is 13.1 Å². The summed E-state index contributed by atoms with van der Waals surface area (Å²) in [6, 6.07) is 7.12. The van der Waals surface area contributed by atoms with Crippen molar-refractivity contribution in [3.05, 3.63) is 35.4 Å². The van der Waals surface area contributed by atoms with Crippen molar-refractivity contribution >= 4 is 15.9 Å². The Morgan fingerprint density at radius 2 is 2.11 bits per heavy atom. The molecule has 0 saturated heterocycles. The van der Waals surface area contributed by atoms with Crippen molar-refractivity contribution in [2.45, 2.75) is 6.42 Å². The number of carbonyl (C=O) groups excluding carboxylic acids is 1. The van der Waals surface area contributed by atoms with Gasteiger partial charge in [0, 0.05) is 12.1 Å². The zero-order chi connectivity index (χ0) is 14.3. The first-order valence-corrected chi connectivity index (χ1v) is 7.62. The lowest BCUT2D eigenvalue weighted by Crippen LogP contribution is -2.33. The van der Waals surface area contributed by atoms with Crippen molar-refractivity contribution in [1.29, 1.82) is 0 Å². The fraction of sp³-hybridized carbons (Fsp3) is 0.417. The maximum absolute atomic E-state index is 11.8. The molecule has 4 N–H and O–H groups in total. The second-order valence-electron chi connectivity index (χ2n) is 4.02. The third-order valence-electron chi connectivity index (χ3n) is 2.59. The minimum atomic E-state index is -3.30. The first kappa shape index (κ1) is 15.6. The molecule has 7 heteroatoms. The van der Waals surface area contributed by atoms with Gasteiger partial charge in [-0.05, 0) is 37.7 Å². The molecule has 1 aromatic carbocycles. The molecule has 0 aliphatic rings. The third kappa shape index (κ3) is 5.37. The molecular formula is C12H19N3O3S. The van der Waals surface area contributed by atoms with E-state index in [0.29, 0.717) is 18.5 Å². The summed E-state index contributed by atoms with van der Waals surface area (Å²) in [5.41, 5.74) is 6.95. The van der Waals surface area contributed by atoms with Crippen LogP contribution in [0.3, 0.4) is 0 Å². The van der Waals surface area contributed by atoms with Crippen LogP contribution >= 0.6 is 0 Å². The van der Waals surface area contributed by atoms with Crippen LogP contribution in [0.4, 0.5) is 0 Å². The second kappa shape index (κ2) is 7.22. The summed E-state index contributed by atoms with van der Waals surface area (Å²) >= 11 is 0. The van der Waals surface area contributed by atoms with Gasteiger partial charge in [-0.15, -0.1) is 0 Å². The third-order valence-corrected chi connectivity index (χ3v) is 3.95. The highest BCUT2D eigenvalue weighted by molar-refractivity contribution is 7.89. The normalized spacial score (nSPS) is 11.3. The van der Waals surface area contributed by atoms with Gasteiger partial charge >= 0.3 is 0 Å². The number of benzene rings is 1. The van der Waals surface area contributed by atoms with E-state index in [1.54, 1.807) is 18.2 Å². The number of rotatable bonds is 7. The molecular weight excluding hydrogens is 266 g/mol. The van der Waals surface area contributed by atoms with Crippen molar-refractivity contribution in [3.63, 3.8) is 0 Å². The van der Waals surface area contributed by atoms with Gasteiger partial charge < -0.3 is 11.1 Å². The van der Waals surface area contributed by atoms with Gasteiger partial charge in [-0.2, -0.15) is 0 Å². The van der Waals surface area contributed by atoms with E-state index in [1.807, 2.05) is 6.07 Å². The smallest absolute Gasteiger partial charge is 0.251 e. The minimum absolute atomic E-state index is 0.0725.